The molecule has 4 aromatic rings. The van der Waals surface area contributed by atoms with E-state index in [0.717, 1.165) is 0 Å². The molecule has 2 aliphatic heterocycles. The van der Waals surface area contributed by atoms with Gasteiger partial charge in [-0.1, -0.05) is 83.3 Å². The van der Waals surface area contributed by atoms with Crippen LogP contribution in [0.3, 0.4) is 0 Å². The van der Waals surface area contributed by atoms with Crippen molar-refractivity contribution in [3.05, 3.63) is 106 Å². The van der Waals surface area contributed by atoms with Crippen LogP contribution in [0.1, 0.15) is 43.0 Å². The minimum absolute atomic E-state index is 0.0167. The fourth-order valence-corrected chi connectivity index (χ4v) is 9.63. The van der Waals surface area contributed by atoms with E-state index in [0.29, 0.717) is 0 Å². The van der Waals surface area contributed by atoms with Gasteiger partial charge in [0.2, 0.25) is 0 Å². The van der Waals surface area contributed by atoms with E-state index in [9.17, 15) is 0 Å². The van der Waals surface area contributed by atoms with Gasteiger partial charge in [0.25, 0.3) is 0 Å². The topological polar surface area (TPSA) is 8.81 Å². The number of aromatic nitrogens is 2. The molecule has 7 rings (SSSR count). The molecule has 3 heteroatoms. The number of fused-ring (bicyclic) bond motifs is 7. The monoisotopic (exact) mass is 456 g/mol. The number of benzene rings is 3. The van der Waals surface area contributed by atoms with Crippen LogP contribution in [0.4, 0.5) is 0 Å². The zero-order chi connectivity index (χ0) is 24.5. The van der Waals surface area contributed by atoms with Crippen LogP contribution in [0.15, 0.2) is 84.0 Å². The molecule has 0 radical (unpaired) electrons. The van der Waals surface area contributed by atoms with Gasteiger partial charge in [0, 0.05) is 0 Å². The normalized spacial score (nSPS) is 28.0. The van der Waals surface area contributed by atoms with Gasteiger partial charge in [-0.25, -0.2) is 4.57 Å². The first-order valence-corrected chi connectivity index (χ1v) is 12.9. The van der Waals surface area contributed by atoms with E-state index >= 15 is 0 Å². The molecule has 174 valence electrons. The van der Waals surface area contributed by atoms with Crippen LogP contribution in [0.2, 0.25) is 5.31 Å². The van der Waals surface area contributed by atoms with E-state index in [1.54, 1.807) is 5.46 Å². The second kappa shape index (κ2) is 6.26. The van der Waals surface area contributed by atoms with Gasteiger partial charge < -0.3 is 0 Å². The van der Waals surface area contributed by atoms with Crippen LogP contribution in [0, 0.1) is 20.8 Å². The van der Waals surface area contributed by atoms with Crippen molar-refractivity contribution >= 4 is 28.4 Å². The molecule has 0 unspecified atom stereocenters. The van der Waals surface area contributed by atoms with E-state index in [4.69, 9.17) is 0 Å². The van der Waals surface area contributed by atoms with E-state index in [1.807, 2.05) is 0 Å². The van der Waals surface area contributed by atoms with Crippen LogP contribution < -0.4 is 15.8 Å². The summed E-state index contributed by atoms with van der Waals surface area (Å²) in [6.45, 7) is 14.1. The van der Waals surface area contributed by atoms with Crippen LogP contribution in [-0.4, -0.2) is 10.7 Å². The van der Waals surface area contributed by atoms with Crippen molar-refractivity contribution in [2.24, 2.45) is 7.05 Å². The molecule has 0 saturated carbocycles. The Morgan fingerprint density at radius 1 is 0.857 bits per heavy atom. The summed E-state index contributed by atoms with van der Waals surface area (Å²) < 4.78 is 5.13. The average Bonchev–Trinajstić information content (AvgIpc) is 3.15. The Bertz CT molecular complexity index is 1660. The number of hydrogen-bond donors (Lipinski definition) is 0. The molecule has 35 heavy (non-hydrogen) atoms. The molecule has 3 heterocycles. The number of imidazole rings is 1. The van der Waals surface area contributed by atoms with E-state index in [2.05, 4.69) is 131 Å². The Kier molecular flexibility index (Phi) is 3.76. The Morgan fingerprint density at radius 3 is 2.26 bits per heavy atom. The Labute approximate surface area is 208 Å². The van der Waals surface area contributed by atoms with E-state index < -0.39 is 6.15 Å². The molecule has 3 aromatic carbocycles. The van der Waals surface area contributed by atoms with Crippen LogP contribution in [0.25, 0.3) is 16.7 Å². The fourth-order valence-electron chi connectivity index (χ4n) is 9.63. The molecular weight excluding hydrogens is 423 g/mol. The summed E-state index contributed by atoms with van der Waals surface area (Å²) in [5, 5.41) is -0.0762. The van der Waals surface area contributed by atoms with Gasteiger partial charge in [-0.3, -0.25) is 4.57 Å². The summed E-state index contributed by atoms with van der Waals surface area (Å²) in [5.74, 6) is 0. The van der Waals surface area contributed by atoms with Gasteiger partial charge in [0.15, 0.2) is 17.2 Å². The van der Waals surface area contributed by atoms with Gasteiger partial charge >= 0.3 is 0 Å². The van der Waals surface area contributed by atoms with Crippen LogP contribution in [-0.2, 0) is 12.4 Å². The Morgan fingerprint density at radius 2 is 1.51 bits per heavy atom. The minimum Gasteiger partial charge on any atom is -0.266 e. The predicted molar refractivity (Wildman–Crippen MR) is 148 cm³/mol. The largest absolute Gasteiger partial charge is 0.266 e. The van der Waals surface area contributed by atoms with Gasteiger partial charge in [-0.2, -0.15) is 5.46 Å². The lowest BCUT2D eigenvalue weighted by Gasteiger charge is -2.40. The summed E-state index contributed by atoms with van der Waals surface area (Å²) in [6.07, 6.45) is 3.87. The maximum absolute atomic E-state index is 2.61. The molecule has 2 nitrogen and oxygen atoms in total. The number of allylic oxidation sites excluding steroid dienone is 4. The van der Waals surface area contributed by atoms with Crippen molar-refractivity contribution in [2.75, 3.05) is 0 Å². The summed E-state index contributed by atoms with van der Waals surface area (Å²) >= 11 is 0. The zero-order valence-electron chi connectivity index (χ0n) is 21.9. The third kappa shape index (κ3) is 1.99. The molecular formula is C32H33BN2. The maximum atomic E-state index is 2.61. The summed E-state index contributed by atoms with van der Waals surface area (Å²) in [7, 11) is 2.29. The third-order valence-corrected chi connectivity index (χ3v) is 10.1. The van der Waals surface area contributed by atoms with Crippen molar-refractivity contribution in [1.82, 2.24) is 4.57 Å². The quantitative estimate of drug-likeness (QED) is 0.267. The highest BCUT2D eigenvalue weighted by Crippen LogP contribution is 2.82. The molecule has 1 spiro atoms. The van der Waals surface area contributed by atoms with Crippen molar-refractivity contribution in [3.63, 3.8) is 0 Å². The molecule has 0 N–H and O–H groups in total. The molecule has 3 aliphatic rings. The number of para-hydroxylation sites is 3. The number of nitrogens with zero attached hydrogens (tertiary/aromatic N) is 2. The van der Waals surface area contributed by atoms with E-state index in [1.165, 1.54) is 55.8 Å². The molecule has 1 aromatic heterocycles. The molecule has 0 amide bonds. The summed E-state index contributed by atoms with van der Waals surface area (Å²) in [4.78, 5) is 0. The summed E-state index contributed by atoms with van der Waals surface area (Å²) in [5.41, 5.74) is 15.5. The minimum atomic E-state index is -1.20. The Hall–Kier alpha value is -3.33. The van der Waals surface area contributed by atoms with E-state index in [-0.39, 0.29) is 10.6 Å². The highest BCUT2D eigenvalue weighted by atomic mass is 15.2. The predicted octanol–water partition coefficient (Wildman–Crippen LogP) is 5.41. The lowest BCUT2D eigenvalue weighted by Crippen LogP contribution is -2.69. The fraction of sp³-hybridized carbons (Fsp3) is 0.281. The molecule has 1 aliphatic carbocycles. The highest BCUT2D eigenvalue weighted by Gasteiger charge is 2.84. The van der Waals surface area contributed by atoms with Gasteiger partial charge in [0.05, 0.1) is 12.8 Å². The lowest BCUT2D eigenvalue weighted by molar-refractivity contribution is -0.627. The number of hydrogen-bond acceptors (Lipinski definition) is 0. The number of aryl methyl sites for hydroxylation is 4. The molecule has 0 bridgehead atoms. The highest BCUT2D eigenvalue weighted by molar-refractivity contribution is 7.16. The SMILES string of the molecule is CC1=C[C@@]2(C)[B@-]3(c4c(C)cc(C)cc4C)c4n(c5ccccc5[n+]4C)-c4ccccc4[C@@]32C(C)=C1. The molecule has 3 atom stereocenters. The Balaban J connectivity index is 1.79. The lowest BCUT2D eigenvalue weighted by atomic mass is 9.25. The molecule has 1 fully saturated rings. The first-order chi connectivity index (χ1) is 16.7. The first-order valence-electron chi connectivity index (χ1n) is 12.9. The summed E-state index contributed by atoms with van der Waals surface area (Å²) in [6, 6.07) is 23.0. The van der Waals surface area contributed by atoms with Crippen molar-refractivity contribution in [3.8, 4) is 5.69 Å². The average molecular weight is 456 g/mol. The zero-order valence-corrected chi connectivity index (χ0v) is 21.9. The standard InChI is InChI=1S/C32H33BN2/c1-20-16-22(3)29(23(4)17-20)33-30-34(7)27-14-10-11-15-28(27)35(30)26-13-9-8-12-25(26)32(33)24(5)18-21(2)19-31(32,33)6/h8-19H,1-7H3/t31-,32-,33+/m1/s1. The van der Waals surface area contributed by atoms with Crippen molar-refractivity contribution < 1.29 is 4.57 Å². The third-order valence-electron chi connectivity index (χ3n) is 10.1. The molecule has 1 saturated heterocycles. The van der Waals surface area contributed by atoms with Crippen LogP contribution in [0.5, 0.6) is 0 Å². The smallest absolute Gasteiger partial charge is 0.176 e. The number of rotatable bonds is 1. The maximum Gasteiger partial charge on any atom is 0.176 e. The van der Waals surface area contributed by atoms with Gasteiger partial charge in [-0.15, -0.1) is 16.7 Å². The second-order valence-electron chi connectivity index (χ2n) is 11.7. The van der Waals surface area contributed by atoms with Crippen molar-refractivity contribution in [1.29, 1.82) is 0 Å². The van der Waals surface area contributed by atoms with Crippen molar-refractivity contribution in [2.45, 2.75) is 52.2 Å². The first kappa shape index (κ1) is 21.0. The van der Waals surface area contributed by atoms with Gasteiger partial charge in [0.1, 0.15) is 5.69 Å². The van der Waals surface area contributed by atoms with Crippen LogP contribution >= 0.6 is 0 Å². The second-order valence-corrected chi connectivity index (χ2v) is 11.7. The van der Waals surface area contributed by atoms with Gasteiger partial charge in [-0.05, 0) is 58.4 Å².